The summed E-state index contributed by atoms with van der Waals surface area (Å²) in [5, 5.41) is 2.29. The highest BCUT2D eigenvalue weighted by molar-refractivity contribution is 6.16. The molecule has 1 aliphatic heterocycles. The molecule has 1 fully saturated rings. The number of imide groups is 2. The van der Waals surface area contributed by atoms with Gasteiger partial charge in [0.05, 0.1) is 0 Å². The molecule has 0 aromatic heterocycles. The molecule has 1 aromatic carbocycles. The van der Waals surface area contributed by atoms with Gasteiger partial charge in [-0.3, -0.25) is 19.8 Å². The van der Waals surface area contributed by atoms with Gasteiger partial charge in [0.15, 0.2) is 0 Å². The maximum atomic E-state index is 12.6. The van der Waals surface area contributed by atoms with Gasteiger partial charge in [-0.15, -0.1) is 0 Å². The van der Waals surface area contributed by atoms with Crippen molar-refractivity contribution < 1.29 is 14.4 Å². The van der Waals surface area contributed by atoms with Crippen molar-refractivity contribution in [3.05, 3.63) is 29.8 Å². The number of nitrogens with zero attached hydrogens (tertiary/aromatic N) is 2. The highest BCUT2D eigenvalue weighted by Crippen LogP contribution is 2.24. The predicted octanol–water partition coefficient (Wildman–Crippen LogP) is 1.79. The minimum atomic E-state index is -0.878. The molecule has 6 nitrogen and oxygen atoms in total. The van der Waals surface area contributed by atoms with Crippen LogP contribution >= 0.6 is 0 Å². The Balaban J connectivity index is 2.22. The molecule has 124 valence electrons. The summed E-state index contributed by atoms with van der Waals surface area (Å²) >= 11 is 0. The van der Waals surface area contributed by atoms with Crippen LogP contribution in [0.4, 0.5) is 10.5 Å². The van der Waals surface area contributed by atoms with E-state index in [1.54, 1.807) is 20.8 Å². The number of hydrogen-bond acceptors (Lipinski definition) is 4. The van der Waals surface area contributed by atoms with Crippen molar-refractivity contribution in [2.24, 2.45) is 5.92 Å². The van der Waals surface area contributed by atoms with Crippen molar-refractivity contribution in [1.82, 2.24) is 10.2 Å². The number of carbonyl (C=O) groups excluding carboxylic acids is 3. The van der Waals surface area contributed by atoms with Gasteiger partial charge in [-0.25, -0.2) is 4.79 Å². The number of benzene rings is 1. The fourth-order valence-electron chi connectivity index (χ4n) is 2.60. The average Bonchev–Trinajstić information content (AvgIpc) is 2.42. The molecule has 2 rings (SSSR count). The topological polar surface area (TPSA) is 69.7 Å². The second kappa shape index (κ2) is 6.02. The van der Waals surface area contributed by atoms with E-state index in [0.29, 0.717) is 0 Å². The Bertz CT molecular complexity index is 629. The zero-order chi connectivity index (χ0) is 17.4. The van der Waals surface area contributed by atoms with Gasteiger partial charge in [-0.1, -0.05) is 12.1 Å². The minimum absolute atomic E-state index is 0.276. The summed E-state index contributed by atoms with van der Waals surface area (Å²) in [5.41, 5.74) is 1.25. The molecule has 1 N–H and O–H groups in total. The lowest BCUT2D eigenvalue weighted by Gasteiger charge is -2.38. The highest BCUT2D eigenvalue weighted by Gasteiger charge is 2.44. The van der Waals surface area contributed by atoms with E-state index in [2.05, 4.69) is 5.32 Å². The van der Waals surface area contributed by atoms with Gasteiger partial charge in [0.2, 0.25) is 11.8 Å². The van der Waals surface area contributed by atoms with Crippen molar-refractivity contribution in [3.63, 3.8) is 0 Å². The zero-order valence-electron chi connectivity index (χ0n) is 14.2. The molecule has 1 saturated heterocycles. The van der Waals surface area contributed by atoms with Crippen molar-refractivity contribution in [2.45, 2.75) is 32.7 Å². The summed E-state index contributed by atoms with van der Waals surface area (Å²) in [6.45, 7) is 5.30. The van der Waals surface area contributed by atoms with Crippen molar-refractivity contribution in [3.8, 4) is 0 Å². The third kappa shape index (κ3) is 3.52. The van der Waals surface area contributed by atoms with Crippen LogP contribution in [0.25, 0.3) is 0 Å². The van der Waals surface area contributed by atoms with E-state index >= 15 is 0 Å². The highest BCUT2D eigenvalue weighted by atomic mass is 16.2. The molecule has 0 spiro atoms. The second-order valence-corrected chi connectivity index (χ2v) is 6.96. The molecule has 0 saturated carbocycles. The Morgan fingerprint density at radius 2 is 1.65 bits per heavy atom. The number of anilines is 1. The largest absolute Gasteiger partial charge is 0.378 e. The second-order valence-electron chi connectivity index (χ2n) is 6.96. The summed E-state index contributed by atoms with van der Waals surface area (Å²) in [6.07, 6.45) is 0.276. The summed E-state index contributed by atoms with van der Waals surface area (Å²) < 4.78 is 0. The summed E-state index contributed by atoms with van der Waals surface area (Å²) in [4.78, 5) is 39.7. The van der Waals surface area contributed by atoms with E-state index in [-0.39, 0.29) is 6.42 Å². The molecule has 23 heavy (non-hydrogen) atoms. The number of carbonyl (C=O) groups is 3. The zero-order valence-corrected chi connectivity index (χ0v) is 14.2. The van der Waals surface area contributed by atoms with E-state index in [4.69, 9.17) is 0 Å². The molecule has 0 bridgehead atoms. The van der Waals surface area contributed by atoms with Gasteiger partial charge in [-0.2, -0.15) is 0 Å². The first kappa shape index (κ1) is 17.0. The van der Waals surface area contributed by atoms with E-state index in [0.717, 1.165) is 16.2 Å². The van der Waals surface area contributed by atoms with Crippen LogP contribution in [0.5, 0.6) is 0 Å². The number of urea groups is 1. The molecule has 1 aliphatic rings. The van der Waals surface area contributed by atoms with Crippen LogP contribution < -0.4 is 10.2 Å². The quantitative estimate of drug-likeness (QED) is 0.863. The van der Waals surface area contributed by atoms with Gasteiger partial charge in [0.1, 0.15) is 5.92 Å². The number of hydrogen-bond donors (Lipinski definition) is 1. The van der Waals surface area contributed by atoms with Crippen molar-refractivity contribution in [1.29, 1.82) is 0 Å². The lowest BCUT2D eigenvalue weighted by atomic mass is 9.93. The Hall–Kier alpha value is -2.37. The molecule has 6 heteroatoms. The van der Waals surface area contributed by atoms with E-state index in [9.17, 15) is 14.4 Å². The van der Waals surface area contributed by atoms with E-state index in [1.165, 1.54) is 0 Å². The number of nitrogens with one attached hydrogen (secondary N) is 1. The smallest absolute Gasteiger partial charge is 0.331 e. The van der Waals surface area contributed by atoms with Crippen molar-refractivity contribution in [2.75, 3.05) is 19.0 Å². The molecule has 4 amide bonds. The number of rotatable bonds is 3. The van der Waals surface area contributed by atoms with Gasteiger partial charge in [0.25, 0.3) is 0 Å². The summed E-state index contributed by atoms with van der Waals surface area (Å²) in [7, 11) is 3.89. The van der Waals surface area contributed by atoms with E-state index in [1.807, 2.05) is 43.3 Å². The van der Waals surface area contributed by atoms with Crippen LogP contribution in [-0.4, -0.2) is 42.4 Å². The van der Waals surface area contributed by atoms with Gasteiger partial charge >= 0.3 is 6.03 Å². The average molecular weight is 317 g/mol. The normalized spacial score (nSPS) is 18.9. The summed E-state index contributed by atoms with van der Waals surface area (Å²) in [6, 6.07) is 7.02. The van der Waals surface area contributed by atoms with Gasteiger partial charge < -0.3 is 4.90 Å². The fraction of sp³-hybridized carbons (Fsp3) is 0.471. The molecule has 1 atom stereocenters. The molecule has 0 radical (unpaired) electrons. The van der Waals surface area contributed by atoms with Gasteiger partial charge in [-0.05, 0) is 44.9 Å². The van der Waals surface area contributed by atoms with Gasteiger partial charge in [0, 0.05) is 25.3 Å². The molecular weight excluding hydrogens is 294 g/mol. The van der Waals surface area contributed by atoms with Crippen LogP contribution in [0.2, 0.25) is 0 Å². The molecule has 1 heterocycles. The Kier molecular flexibility index (Phi) is 4.45. The Morgan fingerprint density at radius 3 is 2.13 bits per heavy atom. The monoisotopic (exact) mass is 317 g/mol. The van der Waals surface area contributed by atoms with Crippen LogP contribution in [0.1, 0.15) is 26.3 Å². The SMILES string of the molecule is CN(C)c1ccc(C[C@@H]2C(=O)NC(=O)N(C(C)(C)C)C2=O)cc1. The number of barbiturate groups is 1. The Labute approximate surface area is 136 Å². The Morgan fingerprint density at radius 1 is 1.09 bits per heavy atom. The van der Waals surface area contributed by atoms with Crippen molar-refractivity contribution >= 4 is 23.5 Å². The first-order valence-electron chi connectivity index (χ1n) is 7.56. The standard InChI is InChI=1S/C17H23N3O3/c1-17(2,3)20-15(22)13(14(21)18-16(20)23)10-11-6-8-12(9-7-11)19(4)5/h6-9,13H,10H2,1-5H3,(H,18,21,23)/t13-/m1/s1. The molecule has 0 unspecified atom stereocenters. The first-order valence-corrected chi connectivity index (χ1v) is 7.56. The third-order valence-electron chi connectivity index (χ3n) is 3.83. The fourth-order valence-corrected chi connectivity index (χ4v) is 2.60. The first-order chi connectivity index (χ1) is 10.6. The lowest BCUT2D eigenvalue weighted by Crippen LogP contribution is -2.63. The predicted molar refractivity (Wildman–Crippen MR) is 88.1 cm³/mol. The molecule has 0 aliphatic carbocycles. The summed E-state index contributed by atoms with van der Waals surface area (Å²) in [5.74, 6) is -1.85. The lowest BCUT2D eigenvalue weighted by molar-refractivity contribution is -0.145. The molecule has 1 aromatic rings. The van der Waals surface area contributed by atoms with Crippen LogP contribution in [0.15, 0.2) is 24.3 Å². The number of amides is 4. The maximum Gasteiger partial charge on any atom is 0.331 e. The molecular formula is C17H23N3O3. The van der Waals surface area contributed by atoms with Crippen LogP contribution in [-0.2, 0) is 16.0 Å². The van der Waals surface area contributed by atoms with Crippen LogP contribution in [0, 0.1) is 5.92 Å². The minimum Gasteiger partial charge on any atom is -0.378 e. The van der Waals surface area contributed by atoms with Crippen LogP contribution in [0.3, 0.4) is 0 Å². The maximum absolute atomic E-state index is 12.6. The third-order valence-corrected chi connectivity index (χ3v) is 3.83. The van der Waals surface area contributed by atoms with E-state index < -0.39 is 29.3 Å².